The lowest BCUT2D eigenvalue weighted by molar-refractivity contribution is -0.0663. The maximum absolute atomic E-state index is 5.68. The molecule has 0 spiro atoms. The fourth-order valence-corrected chi connectivity index (χ4v) is 2.31. The number of ether oxygens (including phenoxy) is 1. The Kier molecular flexibility index (Phi) is 5.73. The van der Waals surface area contributed by atoms with Gasteiger partial charge in [0.1, 0.15) is 0 Å². The van der Waals surface area contributed by atoms with Gasteiger partial charge < -0.3 is 10.1 Å². The van der Waals surface area contributed by atoms with Crippen LogP contribution in [-0.4, -0.2) is 48.8 Å². The van der Waals surface area contributed by atoms with E-state index in [0.717, 1.165) is 19.7 Å². The molecule has 3 atom stereocenters. The summed E-state index contributed by atoms with van der Waals surface area (Å²) >= 11 is 0. The molecule has 0 aliphatic carbocycles. The van der Waals surface area contributed by atoms with Gasteiger partial charge in [-0.25, -0.2) is 0 Å². The smallest absolute Gasteiger partial charge is 0.0674 e. The molecule has 0 aromatic heterocycles. The Bertz CT molecular complexity index is 196. The van der Waals surface area contributed by atoms with E-state index in [1.165, 1.54) is 6.42 Å². The largest absolute Gasteiger partial charge is 0.376 e. The van der Waals surface area contributed by atoms with E-state index in [-0.39, 0.29) is 0 Å². The van der Waals surface area contributed by atoms with E-state index in [4.69, 9.17) is 4.74 Å². The van der Waals surface area contributed by atoms with Crippen molar-refractivity contribution >= 4 is 0 Å². The maximum atomic E-state index is 5.68. The minimum atomic E-state index is 0.379. The molecule has 96 valence electrons. The monoisotopic (exact) mass is 228 g/mol. The van der Waals surface area contributed by atoms with E-state index in [2.05, 4.69) is 44.8 Å². The Morgan fingerprint density at radius 3 is 2.62 bits per heavy atom. The quantitative estimate of drug-likeness (QED) is 0.777. The van der Waals surface area contributed by atoms with Gasteiger partial charge in [-0.1, -0.05) is 20.8 Å². The van der Waals surface area contributed by atoms with E-state index >= 15 is 0 Å². The van der Waals surface area contributed by atoms with Gasteiger partial charge in [0.25, 0.3) is 0 Å². The molecule has 0 aromatic rings. The summed E-state index contributed by atoms with van der Waals surface area (Å²) in [6, 6.07) is 1.77. The summed E-state index contributed by atoms with van der Waals surface area (Å²) in [5.74, 6) is 0. The van der Waals surface area contributed by atoms with Gasteiger partial charge in [0.2, 0.25) is 0 Å². The lowest BCUT2D eigenvalue weighted by Crippen LogP contribution is -2.55. The van der Waals surface area contributed by atoms with Crippen molar-refractivity contribution < 1.29 is 4.74 Å². The summed E-state index contributed by atoms with van der Waals surface area (Å²) in [7, 11) is 0. The average molecular weight is 228 g/mol. The number of hydrogen-bond donors (Lipinski definition) is 1. The maximum Gasteiger partial charge on any atom is 0.0674 e. The zero-order chi connectivity index (χ0) is 12.1. The lowest BCUT2D eigenvalue weighted by Gasteiger charge is -2.42. The van der Waals surface area contributed by atoms with Crippen LogP contribution in [0.5, 0.6) is 0 Å². The zero-order valence-electron chi connectivity index (χ0n) is 11.5. The predicted molar refractivity (Wildman–Crippen MR) is 68.8 cm³/mol. The Hall–Kier alpha value is -0.120. The highest BCUT2D eigenvalue weighted by Gasteiger charge is 2.28. The molecule has 1 N–H and O–H groups in total. The van der Waals surface area contributed by atoms with E-state index in [9.17, 15) is 0 Å². The van der Waals surface area contributed by atoms with Gasteiger partial charge in [0.15, 0.2) is 0 Å². The van der Waals surface area contributed by atoms with Crippen molar-refractivity contribution in [2.45, 2.75) is 65.3 Å². The van der Waals surface area contributed by atoms with Crippen molar-refractivity contribution in [1.82, 2.24) is 10.2 Å². The summed E-state index contributed by atoms with van der Waals surface area (Å²) < 4.78 is 5.68. The van der Waals surface area contributed by atoms with Crippen LogP contribution in [0.15, 0.2) is 0 Å². The first-order chi connectivity index (χ1) is 7.54. The molecule has 1 aliphatic heterocycles. The third kappa shape index (κ3) is 4.04. The van der Waals surface area contributed by atoms with Crippen molar-refractivity contribution in [1.29, 1.82) is 0 Å². The minimum absolute atomic E-state index is 0.379. The number of rotatable bonds is 5. The SMILES string of the molecule is CCC(CNC(C)C)N1CC(C)OCC1C. The van der Waals surface area contributed by atoms with Crippen molar-refractivity contribution in [3.8, 4) is 0 Å². The third-order valence-electron chi connectivity index (χ3n) is 3.36. The zero-order valence-corrected chi connectivity index (χ0v) is 11.5. The van der Waals surface area contributed by atoms with Crippen LogP contribution in [0.4, 0.5) is 0 Å². The molecule has 0 saturated carbocycles. The van der Waals surface area contributed by atoms with Crippen molar-refractivity contribution in [3.05, 3.63) is 0 Å². The van der Waals surface area contributed by atoms with E-state index < -0.39 is 0 Å². The number of nitrogens with one attached hydrogen (secondary N) is 1. The number of hydrogen-bond acceptors (Lipinski definition) is 3. The van der Waals surface area contributed by atoms with Crippen LogP contribution in [0, 0.1) is 0 Å². The first-order valence-electron chi connectivity index (χ1n) is 6.65. The highest BCUT2D eigenvalue weighted by Crippen LogP contribution is 2.16. The van der Waals surface area contributed by atoms with Crippen LogP contribution >= 0.6 is 0 Å². The molecule has 0 amide bonds. The van der Waals surface area contributed by atoms with Crippen LogP contribution in [0.25, 0.3) is 0 Å². The number of morpholine rings is 1. The lowest BCUT2D eigenvalue weighted by atomic mass is 10.1. The molecule has 1 aliphatic rings. The van der Waals surface area contributed by atoms with Gasteiger partial charge in [-0.2, -0.15) is 0 Å². The van der Waals surface area contributed by atoms with Gasteiger partial charge in [0.05, 0.1) is 12.7 Å². The van der Waals surface area contributed by atoms with E-state index in [0.29, 0.717) is 24.2 Å². The molecule has 1 heterocycles. The van der Waals surface area contributed by atoms with Crippen LogP contribution < -0.4 is 5.32 Å². The van der Waals surface area contributed by atoms with Crippen LogP contribution in [-0.2, 0) is 4.74 Å². The topological polar surface area (TPSA) is 24.5 Å². The summed E-state index contributed by atoms with van der Waals surface area (Å²) in [5.41, 5.74) is 0. The molecule has 0 aromatic carbocycles. The molecule has 3 unspecified atom stereocenters. The fraction of sp³-hybridized carbons (Fsp3) is 1.00. The van der Waals surface area contributed by atoms with E-state index in [1.54, 1.807) is 0 Å². The fourth-order valence-electron chi connectivity index (χ4n) is 2.31. The van der Waals surface area contributed by atoms with Crippen molar-refractivity contribution in [2.75, 3.05) is 19.7 Å². The Morgan fingerprint density at radius 1 is 1.38 bits per heavy atom. The number of nitrogens with zero attached hydrogens (tertiary/aromatic N) is 1. The molecule has 0 bridgehead atoms. The summed E-state index contributed by atoms with van der Waals surface area (Å²) in [5, 5.41) is 3.55. The summed E-state index contributed by atoms with van der Waals surface area (Å²) in [4.78, 5) is 2.60. The molecular weight excluding hydrogens is 200 g/mol. The molecule has 3 nitrogen and oxygen atoms in total. The van der Waals surface area contributed by atoms with Crippen LogP contribution in [0.3, 0.4) is 0 Å². The molecule has 1 saturated heterocycles. The highest BCUT2D eigenvalue weighted by molar-refractivity contribution is 4.83. The molecule has 1 rings (SSSR count). The van der Waals surface area contributed by atoms with Gasteiger partial charge in [-0.05, 0) is 20.3 Å². The second-order valence-electron chi connectivity index (χ2n) is 5.31. The van der Waals surface area contributed by atoms with Gasteiger partial charge in [0, 0.05) is 31.2 Å². The molecule has 16 heavy (non-hydrogen) atoms. The Balaban J connectivity index is 2.49. The molecule has 0 radical (unpaired) electrons. The normalized spacial score (nSPS) is 29.6. The first-order valence-corrected chi connectivity index (χ1v) is 6.65. The average Bonchev–Trinajstić information content (AvgIpc) is 2.23. The van der Waals surface area contributed by atoms with Crippen molar-refractivity contribution in [2.24, 2.45) is 0 Å². The molecule has 1 fully saturated rings. The van der Waals surface area contributed by atoms with Crippen LogP contribution in [0.1, 0.15) is 41.0 Å². The second kappa shape index (κ2) is 6.58. The third-order valence-corrected chi connectivity index (χ3v) is 3.36. The minimum Gasteiger partial charge on any atom is -0.376 e. The standard InChI is InChI=1S/C13H28N2O/c1-6-13(7-14-10(2)3)15-8-12(5)16-9-11(15)4/h10-14H,6-9H2,1-5H3. The second-order valence-corrected chi connectivity index (χ2v) is 5.31. The predicted octanol–water partition coefficient (Wildman–Crippen LogP) is 1.87. The van der Waals surface area contributed by atoms with Crippen LogP contribution in [0.2, 0.25) is 0 Å². The van der Waals surface area contributed by atoms with Gasteiger partial charge in [-0.15, -0.1) is 0 Å². The van der Waals surface area contributed by atoms with E-state index in [1.807, 2.05) is 0 Å². The van der Waals surface area contributed by atoms with Gasteiger partial charge >= 0.3 is 0 Å². The highest BCUT2D eigenvalue weighted by atomic mass is 16.5. The van der Waals surface area contributed by atoms with Crippen molar-refractivity contribution in [3.63, 3.8) is 0 Å². The molecule has 3 heteroatoms. The molecular formula is C13H28N2O. The van der Waals surface area contributed by atoms with Gasteiger partial charge in [-0.3, -0.25) is 4.90 Å². The first kappa shape index (κ1) is 13.9. The Labute approximate surface area is 101 Å². The summed E-state index contributed by atoms with van der Waals surface area (Å²) in [6.45, 7) is 14.2. The summed E-state index contributed by atoms with van der Waals surface area (Å²) in [6.07, 6.45) is 1.58. The Morgan fingerprint density at radius 2 is 2.06 bits per heavy atom.